The van der Waals surface area contributed by atoms with Gasteiger partial charge in [-0.25, -0.2) is 10.2 Å². The monoisotopic (exact) mass is 337 g/mol. The highest BCUT2D eigenvalue weighted by molar-refractivity contribution is 5.88. The number of hydrogen-bond acceptors (Lipinski definition) is 8. The molecule has 2 heterocycles. The summed E-state index contributed by atoms with van der Waals surface area (Å²) in [5, 5.41) is 18.8. The van der Waals surface area contributed by atoms with Gasteiger partial charge in [-0.3, -0.25) is 14.8 Å². The second-order valence-corrected chi connectivity index (χ2v) is 4.45. The molecule has 0 atom stereocenters. The minimum atomic E-state index is -0.729. The smallest absolute Gasteiger partial charge is 0.433 e. The van der Waals surface area contributed by atoms with Gasteiger partial charge in [0.15, 0.2) is 5.76 Å². The lowest BCUT2D eigenvalue weighted by molar-refractivity contribution is -0.401. The molecule has 0 aliphatic rings. The molecule has 0 bridgehead atoms. The summed E-state index contributed by atoms with van der Waals surface area (Å²) in [6, 6.07) is 2.67. The van der Waals surface area contributed by atoms with Crippen molar-refractivity contribution in [2.75, 3.05) is 20.8 Å². The Morgan fingerprint density at radius 1 is 1.54 bits per heavy atom. The molecule has 0 spiro atoms. The molecular formula is C13H15N5O6. The number of nitro groups is 1. The van der Waals surface area contributed by atoms with Crippen molar-refractivity contribution in [2.45, 2.75) is 6.54 Å². The molecule has 0 unspecified atom stereocenters. The number of amides is 1. The summed E-state index contributed by atoms with van der Waals surface area (Å²) < 4.78 is 16.1. The van der Waals surface area contributed by atoms with Gasteiger partial charge in [0.25, 0.3) is 0 Å². The lowest BCUT2D eigenvalue weighted by Gasteiger charge is -1.98. The van der Waals surface area contributed by atoms with Crippen LogP contribution in [0.4, 0.5) is 10.7 Å². The van der Waals surface area contributed by atoms with E-state index in [4.69, 9.17) is 9.15 Å². The van der Waals surface area contributed by atoms with Gasteiger partial charge in [0.2, 0.25) is 0 Å². The Hall–Kier alpha value is -3.21. The number of hydrogen-bond donors (Lipinski definition) is 1. The zero-order valence-corrected chi connectivity index (χ0v) is 13.0. The fourth-order valence-electron chi connectivity index (χ4n) is 1.78. The van der Waals surface area contributed by atoms with Crippen LogP contribution in [0.5, 0.6) is 0 Å². The Bertz CT molecular complexity index is 750. The standard InChI is InChI=1S/C13H15N5O6/c1-22-6-5-17-8-9(7-14-15-13(19)23-2)12(16-17)10-3-4-11(24-10)18(20)21/h3-4,7-8H,5-6H2,1-2H3,(H,15,19). The number of methoxy groups -OCH3 is 2. The number of ether oxygens (including phenoxy) is 2. The lowest BCUT2D eigenvalue weighted by atomic mass is 10.2. The zero-order valence-electron chi connectivity index (χ0n) is 13.0. The van der Waals surface area contributed by atoms with Gasteiger partial charge in [-0.1, -0.05) is 0 Å². The molecule has 24 heavy (non-hydrogen) atoms. The van der Waals surface area contributed by atoms with Crippen LogP contribution in [0.2, 0.25) is 0 Å². The second-order valence-electron chi connectivity index (χ2n) is 4.45. The van der Waals surface area contributed by atoms with Gasteiger partial charge in [-0.15, -0.1) is 0 Å². The largest absolute Gasteiger partial charge is 0.452 e. The van der Waals surface area contributed by atoms with E-state index < -0.39 is 16.9 Å². The summed E-state index contributed by atoms with van der Waals surface area (Å²) in [6.07, 6.45) is 2.25. The number of carbonyl (C=O) groups excluding carboxylic acids is 1. The first kappa shape index (κ1) is 17.1. The van der Waals surface area contributed by atoms with Crippen LogP contribution in [0.3, 0.4) is 0 Å². The first-order chi connectivity index (χ1) is 11.5. The first-order valence-corrected chi connectivity index (χ1v) is 6.73. The van der Waals surface area contributed by atoms with Crippen LogP contribution in [-0.4, -0.2) is 47.8 Å². The molecule has 0 saturated carbocycles. The molecule has 11 heteroatoms. The van der Waals surface area contributed by atoms with E-state index in [0.717, 1.165) is 0 Å². The van der Waals surface area contributed by atoms with Crippen molar-refractivity contribution < 1.29 is 23.6 Å². The van der Waals surface area contributed by atoms with E-state index in [1.54, 1.807) is 18.0 Å². The summed E-state index contributed by atoms with van der Waals surface area (Å²) in [6.45, 7) is 0.890. The predicted molar refractivity (Wildman–Crippen MR) is 81.6 cm³/mol. The highest BCUT2D eigenvalue weighted by atomic mass is 16.6. The third kappa shape index (κ3) is 4.16. The molecule has 0 aliphatic heterocycles. The van der Waals surface area contributed by atoms with Crippen LogP contribution in [0.1, 0.15) is 5.56 Å². The van der Waals surface area contributed by atoms with Gasteiger partial charge in [0.1, 0.15) is 10.6 Å². The summed E-state index contributed by atoms with van der Waals surface area (Å²) >= 11 is 0. The number of hydrazone groups is 1. The van der Waals surface area contributed by atoms with Crippen LogP contribution in [0.25, 0.3) is 11.5 Å². The highest BCUT2D eigenvalue weighted by Crippen LogP contribution is 2.26. The number of nitrogens with one attached hydrogen (secondary N) is 1. The molecule has 2 aromatic rings. The van der Waals surface area contributed by atoms with Crippen LogP contribution in [0.15, 0.2) is 27.8 Å². The van der Waals surface area contributed by atoms with Gasteiger partial charge < -0.3 is 13.9 Å². The maximum Gasteiger partial charge on any atom is 0.433 e. The fraction of sp³-hybridized carbons (Fsp3) is 0.308. The number of rotatable bonds is 7. The summed E-state index contributed by atoms with van der Waals surface area (Å²) in [5.74, 6) is -0.190. The molecule has 1 N–H and O–H groups in total. The number of furan rings is 1. The normalized spacial score (nSPS) is 10.9. The van der Waals surface area contributed by atoms with Gasteiger partial charge in [0.05, 0.1) is 32.5 Å². The number of aromatic nitrogens is 2. The van der Waals surface area contributed by atoms with E-state index in [9.17, 15) is 14.9 Å². The summed E-state index contributed by atoms with van der Waals surface area (Å²) in [4.78, 5) is 21.1. The van der Waals surface area contributed by atoms with Crippen molar-refractivity contribution in [1.29, 1.82) is 0 Å². The average Bonchev–Trinajstić information content (AvgIpc) is 3.19. The Balaban J connectivity index is 2.30. The molecule has 1 amide bonds. The molecule has 0 fully saturated rings. The van der Waals surface area contributed by atoms with Gasteiger partial charge >= 0.3 is 12.0 Å². The van der Waals surface area contributed by atoms with Crippen molar-refractivity contribution >= 4 is 18.2 Å². The molecule has 128 valence electrons. The molecule has 0 aromatic carbocycles. The van der Waals surface area contributed by atoms with E-state index in [1.165, 1.54) is 25.5 Å². The van der Waals surface area contributed by atoms with Crippen LogP contribution >= 0.6 is 0 Å². The topological polar surface area (TPSA) is 134 Å². The van der Waals surface area contributed by atoms with Crippen molar-refractivity contribution in [3.8, 4) is 11.5 Å². The molecule has 0 aliphatic carbocycles. The van der Waals surface area contributed by atoms with E-state index >= 15 is 0 Å². The molecule has 2 rings (SSSR count). The lowest BCUT2D eigenvalue weighted by Crippen LogP contribution is -2.16. The van der Waals surface area contributed by atoms with Gasteiger partial charge in [0, 0.05) is 18.9 Å². The van der Waals surface area contributed by atoms with E-state index in [-0.39, 0.29) is 5.76 Å². The fourth-order valence-corrected chi connectivity index (χ4v) is 1.78. The third-order valence-electron chi connectivity index (χ3n) is 2.86. The summed E-state index contributed by atoms with van der Waals surface area (Å²) in [7, 11) is 2.77. The van der Waals surface area contributed by atoms with Gasteiger partial charge in [-0.2, -0.15) is 10.2 Å². The van der Waals surface area contributed by atoms with Crippen molar-refractivity contribution in [3.63, 3.8) is 0 Å². The van der Waals surface area contributed by atoms with E-state index in [2.05, 4.69) is 20.4 Å². The molecule has 0 radical (unpaired) electrons. The second kappa shape index (κ2) is 7.87. The van der Waals surface area contributed by atoms with E-state index in [0.29, 0.717) is 24.4 Å². The maximum atomic E-state index is 11.0. The van der Waals surface area contributed by atoms with E-state index in [1.807, 2.05) is 0 Å². The van der Waals surface area contributed by atoms with Crippen LogP contribution < -0.4 is 5.43 Å². The zero-order chi connectivity index (χ0) is 17.5. The first-order valence-electron chi connectivity index (χ1n) is 6.73. The Labute approximate surface area is 136 Å². The SMILES string of the molecule is COCCn1cc(C=NNC(=O)OC)c(-c2ccc([N+](=O)[O-])o2)n1. The Morgan fingerprint density at radius 3 is 2.96 bits per heavy atom. The third-order valence-corrected chi connectivity index (χ3v) is 2.86. The van der Waals surface area contributed by atoms with Crippen LogP contribution in [0, 0.1) is 10.1 Å². The van der Waals surface area contributed by atoms with Crippen LogP contribution in [-0.2, 0) is 16.0 Å². The Morgan fingerprint density at radius 2 is 2.33 bits per heavy atom. The van der Waals surface area contributed by atoms with Crippen molar-refractivity contribution in [1.82, 2.24) is 15.2 Å². The van der Waals surface area contributed by atoms with Crippen molar-refractivity contribution in [3.05, 3.63) is 34.0 Å². The maximum absolute atomic E-state index is 11.0. The van der Waals surface area contributed by atoms with Crippen molar-refractivity contribution in [2.24, 2.45) is 5.10 Å². The highest BCUT2D eigenvalue weighted by Gasteiger charge is 2.18. The van der Waals surface area contributed by atoms with Gasteiger partial charge in [-0.05, 0) is 6.07 Å². The minimum absolute atomic E-state index is 0.206. The number of carbonyl (C=O) groups is 1. The molecular weight excluding hydrogens is 322 g/mol. The quantitative estimate of drug-likeness (QED) is 0.458. The predicted octanol–water partition coefficient (Wildman–Crippen LogP) is 1.39. The average molecular weight is 337 g/mol. The Kier molecular flexibility index (Phi) is 5.63. The molecule has 11 nitrogen and oxygen atoms in total. The number of nitrogens with zero attached hydrogens (tertiary/aromatic N) is 4. The minimum Gasteiger partial charge on any atom is -0.452 e. The molecule has 2 aromatic heterocycles. The summed E-state index contributed by atoms with van der Waals surface area (Å²) in [5.41, 5.74) is 2.98. The molecule has 0 saturated heterocycles.